The molecule has 0 N–H and O–H groups in total. The van der Waals surface area contributed by atoms with E-state index in [0.717, 1.165) is 5.56 Å². The van der Waals surface area contributed by atoms with Crippen LogP contribution in [0.5, 0.6) is 0 Å². The van der Waals surface area contributed by atoms with Gasteiger partial charge in [-0.2, -0.15) is 4.99 Å². The van der Waals surface area contributed by atoms with Gasteiger partial charge in [-0.15, -0.1) is 11.3 Å². The summed E-state index contributed by atoms with van der Waals surface area (Å²) in [5.41, 5.74) is 1.06. The van der Waals surface area contributed by atoms with Gasteiger partial charge in [-0.3, -0.25) is 4.79 Å². The van der Waals surface area contributed by atoms with E-state index in [0.29, 0.717) is 21.4 Å². The first-order chi connectivity index (χ1) is 10.6. The average molecular weight is 354 g/mol. The second-order valence-electron chi connectivity index (χ2n) is 4.35. The number of hydrogen-bond donors (Lipinski definition) is 0. The lowest BCUT2D eigenvalue weighted by molar-refractivity contribution is 0.0989. The zero-order valence-electron chi connectivity index (χ0n) is 11.1. The minimum atomic E-state index is -0.452. The van der Waals surface area contributed by atoms with E-state index < -0.39 is 5.91 Å². The number of thiazole rings is 1. The van der Waals surface area contributed by atoms with Gasteiger partial charge >= 0.3 is 5.91 Å². The van der Waals surface area contributed by atoms with Gasteiger partial charge in [0.1, 0.15) is 6.26 Å². The fourth-order valence-corrected chi connectivity index (χ4v) is 3.00. The molecule has 22 heavy (non-hydrogen) atoms. The fourth-order valence-electron chi connectivity index (χ4n) is 1.81. The minimum absolute atomic E-state index is 0.171. The van der Waals surface area contributed by atoms with Gasteiger partial charge in [0.15, 0.2) is 10.5 Å². The number of rotatable bonds is 3. The number of hydrogen-bond acceptors (Lipinski definition) is 4. The normalized spacial score (nSPS) is 11.8. The Kier molecular flexibility index (Phi) is 4.42. The molecule has 0 fully saturated rings. The molecule has 3 aromatic rings. The minimum Gasteiger partial charge on any atom is -0.364 e. The Morgan fingerprint density at radius 3 is 2.95 bits per heavy atom. The van der Waals surface area contributed by atoms with Crippen molar-refractivity contribution in [3.63, 3.8) is 0 Å². The van der Waals surface area contributed by atoms with Crippen LogP contribution in [0.3, 0.4) is 0 Å². The van der Waals surface area contributed by atoms with Crippen LogP contribution >= 0.6 is 34.5 Å². The number of amides is 1. The van der Waals surface area contributed by atoms with Gasteiger partial charge in [0.25, 0.3) is 0 Å². The van der Waals surface area contributed by atoms with E-state index in [4.69, 9.17) is 23.2 Å². The van der Waals surface area contributed by atoms with E-state index in [1.165, 1.54) is 23.7 Å². The van der Waals surface area contributed by atoms with Gasteiger partial charge in [-0.05, 0) is 17.7 Å². The van der Waals surface area contributed by atoms with Crippen LogP contribution in [0.4, 0.5) is 0 Å². The molecule has 2 heterocycles. The molecule has 0 spiro atoms. The second-order valence-corrected chi connectivity index (χ2v) is 6.07. The molecule has 0 saturated heterocycles. The maximum absolute atomic E-state index is 12.0. The number of carbonyl (C=O) groups excluding carboxylic acids is 1. The van der Waals surface area contributed by atoms with E-state index in [1.54, 1.807) is 12.1 Å². The van der Waals surface area contributed by atoms with Gasteiger partial charge in [-0.1, -0.05) is 34.4 Å². The molecule has 1 amide bonds. The van der Waals surface area contributed by atoms with Crippen LogP contribution < -0.4 is 4.80 Å². The van der Waals surface area contributed by atoms with E-state index in [1.807, 2.05) is 22.2 Å². The summed E-state index contributed by atoms with van der Waals surface area (Å²) in [6.07, 6.45) is 3.17. The predicted octanol–water partition coefficient (Wildman–Crippen LogP) is 3.63. The fraction of sp³-hybridized carbons (Fsp3) is 0.0714. The summed E-state index contributed by atoms with van der Waals surface area (Å²) in [4.78, 5) is 16.6. The maximum atomic E-state index is 12.0. The molecule has 3 rings (SSSR count). The van der Waals surface area contributed by atoms with Crippen LogP contribution in [-0.2, 0) is 6.54 Å². The molecule has 8 heteroatoms. The molecule has 1 aromatic carbocycles. The summed E-state index contributed by atoms with van der Waals surface area (Å²) in [7, 11) is 0. The average Bonchev–Trinajstić information content (AvgIpc) is 3.14. The van der Waals surface area contributed by atoms with E-state index in [-0.39, 0.29) is 5.69 Å². The zero-order valence-corrected chi connectivity index (χ0v) is 13.4. The van der Waals surface area contributed by atoms with Crippen molar-refractivity contribution in [2.24, 2.45) is 4.99 Å². The van der Waals surface area contributed by atoms with E-state index in [2.05, 4.69) is 14.7 Å². The molecular weight excluding hydrogens is 345 g/mol. The van der Waals surface area contributed by atoms with E-state index in [9.17, 15) is 4.79 Å². The van der Waals surface area contributed by atoms with Crippen molar-refractivity contribution < 1.29 is 9.32 Å². The third kappa shape index (κ3) is 3.30. The molecule has 0 aliphatic heterocycles. The Morgan fingerprint density at radius 2 is 2.23 bits per heavy atom. The van der Waals surface area contributed by atoms with Crippen LogP contribution in [-0.4, -0.2) is 15.6 Å². The Hall–Kier alpha value is -1.89. The molecule has 0 aliphatic carbocycles. The van der Waals surface area contributed by atoms with E-state index >= 15 is 0 Å². The van der Waals surface area contributed by atoms with Crippen molar-refractivity contribution in [2.45, 2.75) is 6.54 Å². The van der Waals surface area contributed by atoms with Gasteiger partial charge in [-0.25, -0.2) is 0 Å². The summed E-state index contributed by atoms with van der Waals surface area (Å²) < 4.78 is 6.47. The summed E-state index contributed by atoms with van der Waals surface area (Å²) in [6, 6.07) is 6.77. The Balaban J connectivity index is 1.91. The first-order valence-electron chi connectivity index (χ1n) is 6.21. The van der Waals surface area contributed by atoms with Gasteiger partial charge in [0.05, 0.1) is 6.54 Å². The first-order valence-corrected chi connectivity index (χ1v) is 7.84. The summed E-state index contributed by atoms with van der Waals surface area (Å²) in [5.74, 6) is -0.452. The van der Waals surface area contributed by atoms with Gasteiger partial charge < -0.3 is 9.09 Å². The van der Waals surface area contributed by atoms with Crippen molar-refractivity contribution in [1.29, 1.82) is 0 Å². The number of carbonyl (C=O) groups is 1. The lowest BCUT2D eigenvalue weighted by Crippen LogP contribution is -2.17. The van der Waals surface area contributed by atoms with Crippen molar-refractivity contribution in [1.82, 2.24) is 9.72 Å². The summed E-state index contributed by atoms with van der Waals surface area (Å²) in [5, 5.41) is 6.57. The zero-order chi connectivity index (χ0) is 15.5. The number of halogens is 2. The molecule has 0 saturated carbocycles. The van der Waals surface area contributed by atoms with Crippen LogP contribution in [0.2, 0.25) is 10.0 Å². The van der Waals surface area contributed by atoms with Crippen LogP contribution in [0.25, 0.3) is 0 Å². The van der Waals surface area contributed by atoms with Crippen molar-refractivity contribution in [3.8, 4) is 0 Å². The Bertz CT molecular complexity index is 868. The molecule has 112 valence electrons. The topological polar surface area (TPSA) is 60.4 Å². The molecule has 0 radical (unpaired) electrons. The quantitative estimate of drug-likeness (QED) is 0.722. The Labute approximate surface area is 139 Å². The van der Waals surface area contributed by atoms with Crippen LogP contribution in [0.15, 0.2) is 51.6 Å². The summed E-state index contributed by atoms with van der Waals surface area (Å²) in [6.45, 7) is 0.491. The third-order valence-electron chi connectivity index (χ3n) is 2.87. The van der Waals surface area contributed by atoms with Gasteiger partial charge in [0, 0.05) is 27.7 Å². The SMILES string of the molecule is O=C(N=c1sccn1Cc1ccc(Cl)cc1Cl)c1ccon1. The maximum Gasteiger partial charge on any atom is 0.301 e. The monoisotopic (exact) mass is 353 g/mol. The second kappa shape index (κ2) is 6.48. The molecule has 0 bridgehead atoms. The highest BCUT2D eigenvalue weighted by Crippen LogP contribution is 2.21. The largest absolute Gasteiger partial charge is 0.364 e. The highest BCUT2D eigenvalue weighted by molar-refractivity contribution is 7.07. The van der Waals surface area contributed by atoms with Crippen molar-refractivity contribution in [2.75, 3.05) is 0 Å². The first kappa shape index (κ1) is 15.0. The van der Waals surface area contributed by atoms with Gasteiger partial charge in [0.2, 0.25) is 0 Å². The highest BCUT2D eigenvalue weighted by Gasteiger charge is 2.09. The smallest absolute Gasteiger partial charge is 0.301 e. The van der Waals surface area contributed by atoms with Crippen molar-refractivity contribution >= 4 is 40.4 Å². The Morgan fingerprint density at radius 1 is 1.36 bits per heavy atom. The molecule has 5 nitrogen and oxygen atoms in total. The van der Waals surface area contributed by atoms with Crippen LogP contribution in [0, 0.1) is 0 Å². The molecule has 2 aromatic heterocycles. The highest BCUT2D eigenvalue weighted by atomic mass is 35.5. The molecule has 0 aliphatic rings. The predicted molar refractivity (Wildman–Crippen MR) is 84.3 cm³/mol. The summed E-state index contributed by atoms with van der Waals surface area (Å²) >= 11 is 13.4. The lowest BCUT2D eigenvalue weighted by Gasteiger charge is -2.06. The molecular formula is C14H9Cl2N3O2S. The molecule has 0 unspecified atom stereocenters. The lowest BCUT2D eigenvalue weighted by atomic mass is 10.2. The van der Waals surface area contributed by atoms with Crippen molar-refractivity contribution in [3.05, 3.63) is 68.2 Å². The standard InChI is InChI=1S/C14H9Cl2N3O2S/c15-10-2-1-9(11(16)7-10)8-19-4-6-22-14(19)17-13(20)12-3-5-21-18-12/h1-7H,8H2. The number of nitrogens with zero attached hydrogens (tertiary/aromatic N) is 3. The number of benzene rings is 1. The third-order valence-corrected chi connectivity index (χ3v) is 4.25. The molecule has 0 atom stereocenters. The number of aromatic nitrogens is 2. The van der Waals surface area contributed by atoms with Crippen LogP contribution in [0.1, 0.15) is 16.1 Å².